The summed E-state index contributed by atoms with van der Waals surface area (Å²) >= 11 is 0. The van der Waals surface area contributed by atoms with E-state index in [9.17, 15) is 5.26 Å². The monoisotopic (exact) mass is 336 g/mol. The number of rotatable bonds is 5. The smallest absolute Gasteiger partial charge is 0.223 e. The number of hydrogen-bond acceptors (Lipinski definition) is 5. The van der Waals surface area contributed by atoms with E-state index in [2.05, 4.69) is 21.5 Å². The van der Waals surface area contributed by atoms with Crippen LogP contribution in [0.5, 0.6) is 0 Å². The van der Waals surface area contributed by atoms with Gasteiger partial charge in [-0.15, -0.1) is 0 Å². The van der Waals surface area contributed by atoms with Crippen LogP contribution in [0.3, 0.4) is 0 Å². The highest BCUT2D eigenvalue weighted by atomic mass is 15.3. The van der Waals surface area contributed by atoms with E-state index in [1.807, 2.05) is 17.9 Å². The molecule has 2 saturated carbocycles. The van der Waals surface area contributed by atoms with E-state index in [0.29, 0.717) is 23.2 Å². The molecule has 2 aliphatic carbocycles. The summed E-state index contributed by atoms with van der Waals surface area (Å²) in [6.45, 7) is 0. The fourth-order valence-corrected chi connectivity index (χ4v) is 3.67. The summed E-state index contributed by atoms with van der Waals surface area (Å²) in [5.74, 6) is 1.38. The zero-order chi connectivity index (χ0) is 17.2. The lowest BCUT2D eigenvalue weighted by Crippen LogP contribution is -2.23. The average molecular weight is 336 g/mol. The molecule has 6 nitrogen and oxygen atoms in total. The molecule has 0 aromatic carbocycles. The van der Waals surface area contributed by atoms with E-state index in [-0.39, 0.29) is 0 Å². The molecular formula is C19H24N6. The summed E-state index contributed by atoms with van der Waals surface area (Å²) in [5, 5.41) is 17.4. The van der Waals surface area contributed by atoms with Crippen LogP contribution in [-0.2, 0) is 13.5 Å². The average Bonchev–Trinajstić information content (AvgIpc) is 3.39. The Bertz CT molecular complexity index is 793. The van der Waals surface area contributed by atoms with Gasteiger partial charge in [0, 0.05) is 24.3 Å². The Labute approximate surface area is 148 Å². The van der Waals surface area contributed by atoms with Gasteiger partial charge in [-0.2, -0.15) is 10.4 Å². The summed E-state index contributed by atoms with van der Waals surface area (Å²) in [6.07, 6.45) is 13.2. The first-order chi connectivity index (χ1) is 12.2. The van der Waals surface area contributed by atoms with Crippen LogP contribution in [0.1, 0.15) is 56.2 Å². The number of nitrogens with one attached hydrogen (secondary N) is 1. The second-order valence-corrected chi connectivity index (χ2v) is 7.32. The largest absolute Gasteiger partial charge is 0.351 e. The molecule has 0 saturated heterocycles. The van der Waals surface area contributed by atoms with Crippen molar-refractivity contribution in [1.29, 1.82) is 5.26 Å². The van der Waals surface area contributed by atoms with Gasteiger partial charge in [0.1, 0.15) is 6.07 Å². The third-order valence-electron chi connectivity index (χ3n) is 5.34. The van der Waals surface area contributed by atoms with E-state index >= 15 is 0 Å². The first-order valence-corrected chi connectivity index (χ1v) is 9.29. The van der Waals surface area contributed by atoms with Crippen LogP contribution in [0.4, 0.5) is 5.95 Å². The maximum absolute atomic E-state index is 9.51. The van der Waals surface area contributed by atoms with E-state index < -0.39 is 0 Å². The summed E-state index contributed by atoms with van der Waals surface area (Å²) in [6, 6.07) is 2.68. The van der Waals surface area contributed by atoms with Crippen molar-refractivity contribution >= 4 is 5.95 Å². The SMILES string of the molecule is Cn1ncc(-c2nc(NC3CCCCC3)ncc2C#N)c1CC1CC1. The van der Waals surface area contributed by atoms with Crippen molar-refractivity contribution in [3.05, 3.63) is 23.7 Å². The van der Waals surface area contributed by atoms with Crippen LogP contribution in [0.15, 0.2) is 12.4 Å². The predicted octanol–water partition coefficient (Wildman–Crippen LogP) is 3.45. The van der Waals surface area contributed by atoms with Crippen molar-refractivity contribution in [2.45, 2.75) is 57.4 Å². The molecule has 6 heteroatoms. The van der Waals surface area contributed by atoms with E-state index in [4.69, 9.17) is 4.98 Å². The van der Waals surface area contributed by atoms with Gasteiger partial charge in [0.15, 0.2) is 0 Å². The fraction of sp³-hybridized carbons (Fsp3) is 0.579. The molecule has 1 N–H and O–H groups in total. The van der Waals surface area contributed by atoms with Crippen molar-refractivity contribution in [1.82, 2.24) is 19.7 Å². The highest BCUT2D eigenvalue weighted by Gasteiger charge is 2.26. The molecule has 2 aromatic heterocycles. The zero-order valence-corrected chi connectivity index (χ0v) is 14.7. The quantitative estimate of drug-likeness (QED) is 0.904. The van der Waals surface area contributed by atoms with Crippen LogP contribution < -0.4 is 5.32 Å². The molecular weight excluding hydrogens is 312 g/mol. The molecule has 2 fully saturated rings. The molecule has 0 amide bonds. The molecule has 2 aliphatic rings. The van der Waals surface area contributed by atoms with Gasteiger partial charge in [-0.05, 0) is 38.0 Å². The van der Waals surface area contributed by atoms with E-state index in [1.165, 1.54) is 50.6 Å². The first-order valence-electron chi connectivity index (χ1n) is 9.29. The van der Waals surface area contributed by atoms with Crippen LogP contribution in [0, 0.1) is 17.2 Å². The Kier molecular flexibility index (Phi) is 4.39. The molecule has 0 bridgehead atoms. The maximum Gasteiger partial charge on any atom is 0.223 e. The lowest BCUT2D eigenvalue weighted by Gasteiger charge is -2.22. The normalized spacial score (nSPS) is 18.1. The molecule has 0 spiro atoms. The van der Waals surface area contributed by atoms with Crippen molar-refractivity contribution in [3.63, 3.8) is 0 Å². The topological polar surface area (TPSA) is 79.4 Å². The Morgan fingerprint density at radius 3 is 2.72 bits per heavy atom. The van der Waals surface area contributed by atoms with Crippen LogP contribution in [-0.4, -0.2) is 25.8 Å². The minimum atomic E-state index is 0.439. The Hall–Kier alpha value is -2.42. The zero-order valence-electron chi connectivity index (χ0n) is 14.7. The van der Waals surface area contributed by atoms with Crippen molar-refractivity contribution in [2.75, 3.05) is 5.32 Å². The highest BCUT2D eigenvalue weighted by molar-refractivity contribution is 5.69. The number of nitrogens with zero attached hydrogens (tertiary/aromatic N) is 5. The molecule has 25 heavy (non-hydrogen) atoms. The maximum atomic E-state index is 9.51. The minimum absolute atomic E-state index is 0.439. The molecule has 0 aliphatic heterocycles. The summed E-state index contributed by atoms with van der Waals surface area (Å²) in [5.41, 5.74) is 3.36. The second-order valence-electron chi connectivity index (χ2n) is 7.32. The van der Waals surface area contributed by atoms with Gasteiger partial charge in [0.2, 0.25) is 5.95 Å². The fourth-order valence-electron chi connectivity index (χ4n) is 3.67. The van der Waals surface area contributed by atoms with Crippen molar-refractivity contribution < 1.29 is 0 Å². The third-order valence-corrected chi connectivity index (χ3v) is 5.34. The van der Waals surface area contributed by atoms with Crippen molar-refractivity contribution in [3.8, 4) is 17.3 Å². The standard InChI is InChI=1S/C19H24N6/c1-25-17(9-13-7-8-13)16(12-22-25)18-14(10-20)11-21-19(24-18)23-15-5-3-2-4-6-15/h11-13,15H,2-9H2,1H3,(H,21,23,24). The van der Waals surface area contributed by atoms with Crippen LogP contribution in [0.25, 0.3) is 11.3 Å². The van der Waals surface area contributed by atoms with Gasteiger partial charge in [0.25, 0.3) is 0 Å². The van der Waals surface area contributed by atoms with Crippen LogP contribution >= 0.6 is 0 Å². The molecule has 2 heterocycles. The van der Waals surface area contributed by atoms with Gasteiger partial charge in [-0.1, -0.05) is 19.3 Å². The third kappa shape index (κ3) is 3.51. The van der Waals surface area contributed by atoms with E-state index in [1.54, 1.807) is 6.20 Å². The predicted molar refractivity (Wildman–Crippen MR) is 95.9 cm³/mol. The van der Waals surface area contributed by atoms with Gasteiger partial charge >= 0.3 is 0 Å². The molecule has 2 aromatic rings. The Morgan fingerprint density at radius 1 is 1.20 bits per heavy atom. The second kappa shape index (κ2) is 6.83. The molecule has 4 rings (SSSR count). The number of nitriles is 1. The Morgan fingerprint density at radius 2 is 2.00 bits per heavy atom. The molecule has 0 atom stereocenters. The molecule has 0 unspecified atom stereocenters. The first kappa shape index (κ1) is 16.1. The van der Waals surface area contributed by atoms with Gasteiger partial charge < -0.3 is 5.32 Å². The lowest BCUT2D eigenvalue weighted by atomic mass is 9.96. The number of aryl methyl sites for hydroxylation is 1. The summed E-state index contributed by atoms with van der Waals surface area (Å²) in [4.78, 5) is 9.08. The number of hydrogen-bond donors (Lipinski definition) is 1. The molecule has 130 valence electrons. The van der Waals surface area contributed by atoms with E-state index in [0.717, 1.165) is 17.9 Å². The number of anilines is 1. The summed E-state index contributed by atoms with van der Waals surface area (Å²) in [7, 11) is 1.97. The minimum Gasteiger partial charge on any atom is -0.351 e. The lowest BCUT2D eigenvalue weighted by molar-refractivity contribution is 0.461. The van der Waals surface area contributed by atoms with Gasteiger partial charge in [-0.25, -0.2) is 9.97 Å². The Balaban J connectivity index is 1.65. The summed E-state index contributed by atoms with van der Waals surface area (Å²) < 4.78 is 1.92. The van der Waals surface area contributed by atoms with Crippen molar-refractivity contribution in [2.24, 2.45) is 13.0 Å². The van der Waals surface area contributed by atoms with Gasteiger partial charge in [0.05, 0.1) is 23.7 Å². The van der Waals surface area contributed by atoms with Gasteiger partial charge in [-0.3, -0.25) is 4.68 Å². The number of aromatic nitrogens is 4. The highest BCUT2D eigenvalue weighted by Crippen LogP contribution is 2.36. The van der Waals surface area contributed by atoms with Crippen LogP contribution in [0.2, 0.25) is 0 Å². The molecule has 0 radical (unpaired) electrons.